The molecule has 0 aliphatic rings. The zero-order valence-electron chi connectivity index (χ0n) is 17.4. The molecule has 3 heteroatoms. The Bertz CT molecular complexity index is 515. The van der Waals surface area contributed by atoms with E-state index in [1.165, 1.54) is 83.5 Å². The molecule has 0 radical (unpaired) electrons. The fourth-order valence-corrected chi connectivity index (χ4v) is 3.73. The van der Waals surface area contributed by atoms with Crippen LogP contribution in [0.15, 0.2) is 18.2 Å². The van der Waals surface area contributed by atoms with Gasteiger partial charge < -0.3 is 5.73 Å². The normalized spacial score (nSPS) is 11.0. The van der Waals surface area contributed by atoms with Gasteiger partial charge in [0.25, 0.3) is 0 Å². The molecule has 1 aromatic rings. The highest BCUT2D eigenvalue weighted by Gasteiger charge is 2.09. The third-order valence-electron chi connectivity index (χ3n) is 5.32. The van der Waals surface area contributed by atoms with Crippen molar-refractivity contribution in [3.05, 3.63) is 28.8 Å². The first kappa shape index (κ1) is 24.0. The number of benzene rings is 1. The number of anilines is 1. The summed E-state index contributed by atoms with van der Waals surface area (Å²) in [6.07, 6.45) is 20.6. The van der Waals surface area contributed by atoms with Gasteiger partial charge in [0.15, 0.2) is 5.78 Å². The zero-order chi connectivity index (χ0) is 19.7. The number of carbonyl (C=O) groups is 1. The van der Waals surface area contributed by atoms with Crippen molar-refractivity contribution in [3.63, 3.8) is 0 Å². The van der Waals surface area contributed by atoms with Crippen molar-refractivity contribution in [2.75, 3.05) is 5.73 Å². The molecule has 2 N–H and O–H groups in total. The summed E-state index contributed by atoms with van der Waals surface area (Å²) >= 11 is 5.95. The maximum atomic E-state index is 12.2. The van der Waals surface area contributed by atoms with Crippen LogP contribution in [-0.2, 0) is 0 Å². The van der Waals surface area contributed by atoms with Crippen LogP contribution in [-0.4, -0.2) is 5.78 Å². The van der Waals surface area contributed by atoms with Crippen LogP contribution in [0.2, 0.25) is 5.02 Å². The standard InChI is InChI=1S/C24H40ClNO/c1-2-3-4-5-6-7-8-9-10-11-12-13-14-15-16-17-24(27)22-20-21(25)18-19-23(22)26/h18-20H,2-17,26H2,1H3. The van der Waals surface area contributed by atoms with E-state index >= 15 is 0 Å². The van der Waals surface area contributed by atoms with Gasteiger partial charge in [-0.15, -0.1) is 0 Å². The SMILES string of the molecule is CCCCCCCCCCCCCCCCCC(=O)c1cc(Cl)ccc1N. The summed E-state index contributed by atoms with van der Waals surface area (Å²) in [6.45, 7) is 2.27. The van der Waals surface area contributed by atoms with E-state index in [1.807, 2.05) is 0 Å². The van der Waals surface area contributed by atoms with Gasteiger partial charge in [-0.2, -0.15) is 0 Å². The van der Waals surface area contributed by atoms with Crippen LogP contribution in [0.4, 0.5) is 5.69 Å². The van der Waals surface area contributed by atoms with Crippen LogP contribution in [0.5, 0.6) is 0 Å². The second-order valence-corrected chi connectivity index (χ2v) is 8.29. The maximum absolute atomic E-state index is 12.2. The van der Waals surface area contributed by atoms with Gasteiger partial charge in [0, 0.05) is 22.7 Å². The molecule has 0 fully saturated rings. The summed E-state index contributed by atoms with van der Waals surface area (Å²) < 4.78 is 0. The highest BCUT2D eigenvalue weighted by Crippen LogP contribution is 2.21. The predicted molar refractivity (Wildman–Crippen MR) is 120 cm³/mol. The first-order chi connectivity index (χ1) is 13.1. The molecule has 0 saturated carbocycles. The van der Waals surface area contributed by atoms with E-state index in [9.17, 15) is 4.79 Å². The minimum atomic E-state index is 0.115. The van der Waals surface area contributed by atoms with Crippen molar-refractivity contribution in [1.29, 1.82) is 0 Å². The van der Waals surface area contributed by atoms with Crippen LogP contribution in [0, 0.1) is 0 Å². The number of Topliss-reactive ketones (excluding diaryl/α,β-unsaturated/α-hetero) is 1. The lowest BCUT2D eigenvalue weighted by Gasteiger charge is -2.06. The van der Waals surface area contributed by atoms with E-state index in [4.69, 9.17) is 17.3 Å². The first-order valence-corrected chi connectivity index (χ1v) is 11.6. The van der Waals surface area contributed by atoms with Crippen molar-refractivity contribution in [3.8, 4) is 0 Å². The Kier molecular flexibility index (Phi) is 14.2. The topological polar surface area (TPSA) is 43.1 Å². The average Bonchev–Trinajstić information content (AvgIpc) is 2.66. The number of nitrogen functional groups attached to an aromatic ring is 1. The molecule has 0 bridgehead atoms. The van der Waals surface area contributed by atoms with Gasteiger partial charge in [-0.05, 0) is 24.6 Å². The molecule has 0 spiro atoms. The molecule has 0 heterocycles. The van der Waals surface area contributed by atoms with Crippen LogP contribution in [0.1, 0.15) is 120 Å². The molecular weight excluding hydrogens is 354 g/mol. The van der Waals surface area contributed by atoms with Gasteiger partial charge in [0.1, 0.15) is 0 Å². The van der Waals surface area contributed by atoms with E-state index in [0.717, 1.165) is 12.8 Å². The molecule has 1 aromatic carbocycles. The summed E-state index contributed by atoms with van der Waals surface area (Å²) in [5.41, 5.74) is 6.98. The summed E-state index contributed by atoms with van der Waals surface area (Å²) in [5, 5.41) is 0.573. The number of carbonyl (C=O) groups excluding carboxylic acids is 1. The van der Waals surface area contributed by atoms with Gasteiger partial charge in [-0.1, -0.05) is 108 Å². The lowest BCUT2D eigenvalue weighted by atomic mass is 10.0. The predicted octanol–water partition coefficient (Wildman–Crippen LogP) is 8.37. The van der Waals surface area contributed by atoms with Gasteiger partial charge >= 0.3 is 0 Å². The number of unbranched alkanes of at least 4 members (excludes halogenated alkanes) is 14. The van der Waals surface area contributed by atoms with Crippen molar-refractivity contribution in [2.45, 2.75) is 110 Å². The zero-order valence-corrected chi connectivity index (χ0v) is 18.2. The fourth-order valence-electron chi connectivity index (χ4n) is 3.56. The molecule has 2 nitrogen and oxygen atoms in total. The van der Waals surface area contributed by atoms with Gasteiger partial charge in [0.2, 0.25) is 0 Å². The van der Waals surface area contributed by atoms with Crippen molar-refractivity contribution in [1.82, 2.24) is 0 Å². The molecule has 0 aliphatic heterocycles. The third kappa shape index (κ3) is 12.1. The summed E-state index contributed by atoms with van der Waals surface area (Å²) in [4.78, 5) is 12.2. The third-order valence-corrected chi connectivity index (χ3v) is 5.56. The molecule has 0 amide bonds. The highest BCUT2D eigenvalue weighted by atomic mass is 35.5. The van der Waals surface area contributed by atoms with Gasteiger partial charge in [-0.25, -0.2) is 0 Å². The summed E-state index contributed by atoms with van der Waals surface area (Å²) in [6, 6.07) is 5.12. The van der Waals surface area contributed by atoms with Crippen LogP contribution >= 0.6 is 11.6 Å². The van der Waals surface area contributed by atoms with E-state index in [-0.39, 0.29) is 5.78 Å². The number of hydrogen-bond donors (Lipinski definition) is 1. The molecular formula is C24H40ClNO. The molecule has 0 saturated heterocycles. The quantitative estimate of drug-likeness (QED) is 0.164. The van der Waals surface area contributed by atoms with Gasteiger partial charge in [0.05, 0.1) is 0 Å². The largest absolute Gasteiger partial charge is 0.398 e. The Labute approximate surface area is 172 Å². The Morgan fingerprint density at radius 3 is 1.70 bits per heavy atom. The Morgan fingerprint density at radius 2 is 1.22 bits per heavy atom. The van der Waals surface area contributed by atoms with E-state index in [1.54, 1.807) is 18.2 Å². The van der Waals surface area contributed by atoms with E-state index < -0.39 is 0 Å². The Balaban J connectivity index is 1.89. The molecule has 1 rings (SSSR count). The first-order valence-electron chi connectivity index (χ1n) is 11.2. The Morgan fingerprint density at radius 1 is 0.778 bits per heavy atom. The summed E-state index contributed by atoms with van der Waals surface area (Å²) in [7, 11) is 0. The van der Waals surface area contributed by atoms with Crippen molar-refractivity contribution >= 4 is 23.1 Å². The summed E-state index contributed by atoms with van der Waals surface area (Å²) in [5.74, 6) is 0.115. The maximum Gasteiger partial charge on any atom is 0.164 e. The minimum Gasteiger partial charge on any atom is -0.398 e. The van der Waals surface area contributed by atoms with Gasteiger partial charge in [-0.3, -0.25) is 4.79 Å². The second kappa shape index (κ2) is 16.0. The van der Waals surface area contributed by atoms with E-state index in [0.29, 0.717) is 22.7 Å². The fraction of sp³-hybridized carbons (Fsp3) is 0.708. The molecule has 27 heavy (non-hydrogen) atoms. The second-order valence-electron chi connectivity index (χ2n) is 7.85. The lowest BCUT2D eigenvalue weighted by molar-refractivity contribution is 0.0980. The van der Waals surface area contributed by atoms with Crippen LogP contribution in [0.3, 0.4) is 0 Å². The molecule has 0 unspecified atom stereocenters. The number of hydrogen-bond acceptors (Lipinski definition) is 2. The molecule has 0 atom stereocenters. The van der Waals surface area contributed by atoms with Crippen LogP contribution in [0.25, 0.3) is 0 Å². The monoisotopic (exact) mass is 393 g/mol. The number of rotatable bonds is 17. The highest BCUT2D eigenvalue weighted by molar-refractivity contribution is 6.31. The number of ketones is 1. The molecule has 0 aliphatic carbocycles. The molecule has 0 aromatic heterocycles. The number of halogens is 1. The van der Waals surface area contributed by atoms with Crippen molar-refractivity contribution in [2.24, 2.45) is 0 Å². The smallest absolute Gasteiger partial charge is 0.164 e. The van der Waals surface area contributed by atoms with Crippen molar-refractivity contribution < 1.29 is 4.79 Å². The minimum absolute atomic E-state index is 0.115. The average molecular weight is 394 g/mol. The van der Waals surface area contributed by atoms with Crippen LogP contribution < -0.4 is 5.73 Å². The lowest BCUT2D eigenvalue weighted by Crippen LogP contribution is -2.03. The Hall–Kier alpha value is -1.02. The van der Waals surface area contributed by atoms with E-state index in [2.05, 4.69) is 6.92 Å². The molecule has 154 valence electrons. The number of nitrogens with two attached hydrogens (primary N) is 1.